The maximum Gasteiger partial charge on any atom is 0.0743 e. The highest BCUT2D eigenvalue weighted by molar-refractivity contribution is 9.08. The number of aromatic nitrogens is 2. The van der Waals surface area contributed by atoms with E-state index in [0.29, 0.717) is 0 Å². The third-order valence-electron chi connectivity index (χ3n) is 0.976. The zero-order chi connectivity index (χ0) is 5.98. The van der Waals surface area contributed by atoms with Gasteiger partial charge in [0.2, 0.25) is 0 Å². The Hall–Kier alpha value is -0.310. The van der Waals surface area contributed by atoms with Gasteiger partial charge in [-0.1, -0.05) is 6.92 Å². The van der Waals surface area contributed by atoms with Gasteiger partial charge in [-0.25, -0.2) is 3.71 Å². The Morgan fingerprint density at radius 3 is 2.88 bits per heavy atom. The Labute approximate surface area is 56.8 Å². The number of hydrogen-bond donors (Lipinski definition) is 0. The van der Waals surface area contributed by atoms with Gasteiger partial charge in [-0.15, -0.1) is 0 Å². The molecule has 0 fully saturated rings. The third kappa shape index (κ3) is 1.10. The Morgan fingerprint density at radius 1 is 1.88 bits per heavy atom. The van der Waals surface area contributed by atoms with Crippen LogP contribution in [0.5, 0.6) is 0 Å². The van der Waals surface area contributed by atoms with Gasteiger partial charge in [0.05, 0.1) is 21.8 Å². The van der Waals surface area contributed by atoms with Crippen LogP contribution in [-0.4, -0.2) is 8.81 Å². The van der Waals surface area contributed by atoms with Crippen LogP contribution in [-0.2, 0) is 6.42 Å². The molecule has 1 aromatic rings. The van der Waals surface area contributed by atoms with E-state index >= 15 is 0 Å². The molecule has 1 rings (SSSR count). The smallest absolute Gasteiger partial charge is 0.0743 e. The predicted molar refractivity (Wildman–Crippen MR) is 35.9 cm³/mol. The van der Waals surface area contributed by atoms with E-state index in [1.54, 1.807) is 3.71 Å². The van der Waals surface area contributed by atoms with Crippen LogP contribution < -0.4 is 0 Å². The molecule has 0 spiro atoms. The highest BCUT2D eigenvalue weighted by Crippen LogP contribution is 1.97. The van der Waals surface area contributed by atoms with Crippen molar-refractivity contribution in [1.82, 2.24) is 8.81 Å². The predicted octanol–water partition coefficient (Wildman–Crippen LogP) is 1.60. The molecule has 1 heterocycles. The third-order valence-corrected chi connectivity index (χ3v) is 1.37. The van der Waals surface area contributed by atoms with Crippen molar-refractivity contribution in [2.75, 3.05) is 0 Å². The van der Waals surface area contributed by atoms with Crippen molar-refractivity contribution in [3.63, 3.8) is 0 Å². The van der Waals surface area contributed by atoms with E-state index in [2.05, 4.69) is 28.2 Å². The summed E-state index contributed by atoms with van der Waals surface area (Å²) in [7, 11) is 0. The molecular weight excluding hydrogens is 168 g/mol. The van der Waals surface area contributed by atoms with Gasteiger partial charge in [-0.3, -0.25) is 0 Å². The second-order valence-electron chi connectivity index (χ2n) is 1.55. The van der Waals surface area contributed by atoms with E-state index in [1.165, 1.54) is 0 Å². The minimum absolute atomic E-state index is 0.999. The normalized spacial score (nSPS) is 9.75. The summed E-state index contributed by atoms with van der Waals surface area (Å²) >= 11 is 3.18. The molecule has 0 amide bonds. The molecule has 1 aromatic heterocycles. The zero-order valence-electron chi connectivity index (χ0n) is 4.63. The number of aryl methyl sites for hydroxylation is 1. The summed E-state index contributed by atoms with van der Waals surface area (Å²) in [6, 6.07) is 1.98. The van der Waals surface area contributed by atoms with Crippen molar-refractivity contribution in [3.05, 3.63) is 18.0 Å². The average Bonchev–Trinajstić information content (AvgIpc) is 2.14. The Morgan fingerprint density at radius 2 is 2.62 bits per heavy atom. The SMILES string of the molecule is CCc1ccn(Br)n1. The fraction of sp³-hybridized carbons (Fsp3) is 0.400. The lowest BCUT2D eigenvalue weighted by molar-refractivity contribution is 0.944. The number of nitrogens with zero attached hydrogens (tertiary/aromatic N) is 2. The summed E-state index contributed by atoms with van der Waals surface area (Å²) in [5, 5.41) is 4.06. The van der Waals surface area contributed by atoms with E-state index in [-0.39, 0.29) is 0 Å². The molecule has 0 aromatic carbocycles. The van der Waals surface area contributed by atoms with E-state index in [1.807, 2.05) is 12.3 Å². The molecule has 2 nitrogen and oxygen atoms in total. The fourth-order valence-electron chi connectivity index (χ4n) is 0.525. The van der Waals surface area contributed by atoms with Crippen molar-refractivity contribution in [3.8, 4) is 0 Å². The van der Waals surface area contributed by atoms with Gasteiger partial charge in [-0.2, -0.15) is 5.10 Å². The first-order chi connectivity index (χ1) is 3.83. The maximum atomic E-state index is 4.06. The molecular formula is C5H7BrN2. The van der Waals surface area contributed by atoms with Crippen molar-refractivity contribution in [1.29, 1.82) is 0 Å². The van der Waals surface area contributed by atoms with E-state index in [0.717, 1.165) is 12.1 Å². The maximum absolute atomic E-state index is 4.06. The molecule has 0 atom stereocenters. The van der Waals surface area contributed by atoms with Crippen LogP contribution in [0.15, 0.2) is 12.3 Å². The van der Waals surface area contributed by atoms with Crippen LogP contribution in [0.25, 0.3) is 0 Å². The molecule has 8 heavy (non-hydrogen) atoms. The minimum atomic E-state index is 0.999. The van der Waals surface area contributed by atoms with Crippen molar-refractivity contribution >= 4 is 16.1 Å². The molecule has 0 radical (unpaired) electrons. The van der Waals surface area contributed by atoms with Gasteiger partial charge in [0.25, 0.3) is 0 Å². The van der Waals surface area contributed by atoms with Crippen LogP contribution in [0.2, 0.25) is 0 Å². The number of halogens is 1. The highest BCUT2D eigenvalue weighted by atomic mass is 79.9. The molecule has 0 aliphatic carbocycles. The number of hydrogen-bond acceptors (Lipinski definition) is 1. The Balaban J connectivity index is 2.84. The second kappa shape index (κ2) is 2.31. The Bertz CT molecular complexity index is 171. The van der Waals surface area contributed by atoms with Crippen LogP contribution in [0.3, 0.4) is 0 Å². The first-order valence-corrected chi connectivity index (χ1v) is 3.24. The summed E-state index contributed by atoms with van der Waals surface area (Å²) < 4.78 is 1.63. The van der Waals surface area contributed by atoms with E-state index in [9.17, 15) is 0 Å². The number of rotatable bonds is 1. The molecule has 0 aliphatic rings. The van der Waals surface area contributed by atoms with E-state index < -0.39 is 0 Å². The summed E-state index contributed by atoms with van der Waals surface area (Å²) in [6.45, 7) is 2.08. The summed E-state index contributed by atoms with van der Waals surface area (Å²) in [5.74, 6) is 0. The standard InChI is InChI=1S/C5H7BrN2/c1-2-5-3-4-8(6)7-5/h3-4H,2H2,1H3. The van der Waals surface area contributed by atoms with Crippen molar-refractivity contribution < 1.29 is 0 Å². The average molecular weight is 175 g/mol. The monoisotopic (exact) mass is 174 g/mol. The van der Waals surface area contributed by atoms with Crippen molar-refractivity contribution in [2.45, 2.75) is 13.3 Å². The first kappa shape index (κ1) is 5.82. The van der Waals surface area contributed by atoms with Crippen LogP contribution in [0.4, 0.5) is 0 Å². The van der Waals surface area contributed by atoms with Crippen LogP contribution in [0.1, 0.15) is 12.6 Å². The molecule has 0 bridgehead atoms. The van der Waals surface area contributed by atoms with Crippen molar-refractivity contribution in [2.24, 2.45) is 0 Å². The quantitative estimate of drug-likeness (QED) is 0.633. The van der Waals surface area contributed by atoms with Gasteiger partial charge >= 0.3 is 0 Å². The summed E-state index contributed by atoms with van der Waals surface area (Å²) in [5.41, 5.74) is 1.11. The second-order valence-corrected chi connectivity index (χ2v) is 2.28. The zero-order valence-corrected chi connectivity index (χ0v) is 6.22. The van der Waals surface area contributed by atoms with Gasteiger partial charge in [0, 0.05) is 6.20 Å². The molecule has 0 saturated carbocycles. The largest absolute Gasteiger partial charge is 0.205 e. The van der Waals surface area contributed by atoms with Crippen LogP contribution >= 0.6 is 16.1 Å². The molecule has 0 unspecified atom stereocenters. The lowest BCUT2D eigenvalue weighted by Gasteiger charge is -1.81. The van der Waals surface area contributed by atoms with Gasteiger partial charge in [-0.05, 0) is 12.5 Å². The molecule has 44 valence electrons. The van der Waals surface area contributed by atoms with E-state index in [4.69, 9.17) is 0 Å². The van der Waals surface area contributed by atoms with Crippen LogP contribution in [0, 0.1) is 0 Å². The summed E-state index contributed by atoms with van der Waals surface area (Å²) in [6.07, 6.45) is 2.87. The summed E-state index contributed by atoms with van der Waals surface area (Å²) in [4.78, 5) is 0. The molecule has 3 heteroatoms. The minimum Gasteiger partial charge on any atom is -0.205 e. The molecule has 0 N–H and O–H groups in total. The van der Waals surface area contributed by atoms with Gasteiger partial charge in [0.1, 0.15) is 0 Å². The lowest BCUT2D eigenvalue weighted by Crippen LogP contribution is -1.81. The lowest BCUT2D eigenvalue weighted by atomic mass is 10.4. The van der Waals surface area contributed by atoms with Gasteiger partial charge in [0.15, 0.2) is 0 Å². The highest BCUT2D eigenvalue weighted by Gasteiger charge is 1.89. The Kier molecular flexibility index (Phi) is 1.68. The molecule has 0 saturated heterocycles. The molecule has 0 aliphatic heterocycles. The fourth-order valence-corrected chi connectivity index (χ4v) is 0.847. The van der Waals surface area contributed by atoms with Gasteiger partial charge < -0.3 is 0 Å². The first-order valence-electron chi connectivity index (χ1n) is 2.53. The topological polar surface area (TPSA) is 17.8 Å².